The first kappa shape index (κ1) is 9.72. The minimum Gasteiger partial charge on any atom is -0.313 e. The lowest BCUT2D eigenvalue weighted by Crippen LogP contribution is -1.98. The van der Waals surface area contributed by atoms with Gasteiger partial charge in [-0.05, 0) is 18.2 Å². The Morgan fingerprint density at radius 3 is 2.50 bits per heavy atom. The van der Waals surface area contributed by atoms with Crippen LogP contribution in [-0.2, 0) is 6.42 Å². The van der Waals surface area contributed by atoms with Gasteiger partial charge in [-0.1, -0.05) is 48.6 Å². The molecule has 18 heavy (non-hydrogen) atoms. The minimum atomic E-state index is 1.03. The molecule has 2 aromatic carbocycles. The first-order chi connectivity index (χ1) is 8.95. The standard InChI is InChI=1S/C17H13N/c1-2-7-13(8-3-1)18-16-11-5-4-9-14(16)15-10-6-12-17(15)18/h1-11H,12H2. The zero-order chi connectivity index (χ0) is 11.9. The van der Waals surface area contributed by atoms with Gasteiger partial charge in [0.2, 0.25) is 0 Å². The molecule has 1 heterocycles. The van der Waals surface area contributed by atoms with E-state index in [2.05, 4.69) is 71.3 Å². The Bertz CT molecular complexity index is 748. The highest BCUT2D eigenvalue weighted by molar-refractivity contribution is 5.94. The Morgan fingerprint density at radius 1 is 0.833 bits per heavy atom. The summed E-state index contributed by atoms with van der Waals surface area (Å²) in [7, 11) is 0. The molecule has 4 rings (SSSR count). The van der Waals surface area contributed by atoms with Gasteiger partial charge in [-0.3, -0.25) is 0 Å². The van der Waals surface area contributed by atoms with Gasteiger partial charge in [0, 0.05) is 28.8 Å². The largest absolute Gasteiger partial charge is 0.313 e. The Hall–Kier alpha value is -2.28. The van der Waals surface area contributed by atoms with Crippen LogP contribution in [0.25, 0.3) is 22.7 Å². The summed E-state index contributed by atoms with van der Waals surface area (Å²) in [4.78, 5) is 0. The predicted molar refractivity (Wildman–Crippen MR) is 76.0 cm³/mol. The maximum Gasteiger partial charge on any atom is 0.0537 e. The van der Waals surface area contributed by atoms with Crippen LogP contribution < -0.4 is 0 Å². The molecule has 0 fully saturated rings. The molecule has 0 spiro atoms. The fourth-order valence-electron chi connectivity index (χ4n) is 2.87. The Kier molecular flexibility index (Phi) is 1.95. The van der Waals surface area contributed by atoms with E-state index in [0.717, 1.165) is 6.42 Å². The van der Waals surface area contributed by atoms with Crippen LogP contribution in [0.4, 0.5) is 0 Å². The van der Waals surface area contributed by atoms with Crippen molar-refractivity contribution in [2.24, 2.45) is 0 Å². The molecule has 86 valence electrons. The zero-order valence-electron chi connectivity index (χ0n) is 10.0. The van der Waals surface area contributed by atoms with Crippen molar-refractivity contribution in [2.45, 2.75) is 6.42 Å². The van der Waals surface area contributed by atoms with Gasteiger partial charge >= 0.3 is 0 Å². The third kappa shape index (κ3) is 1.22. The first-order valence-electron chi connectivity index (χ1n) is 6.29. The Morgan fingerprint density at radius 2 is 1.61 bits per heavy atom. The van der Waals surface area contributed by atoms with Crippen molar-refractivity contribution in [1.29, 1.82) is 0 Å². The van der Waals surface area contributed by atoms with Crippen LogP contribution in [0.2, 0.25) is 0 Å². The molecule has 0 N–H and O–H groups in total. The number of hydrogen-bond donors (Lipinski definition) is 0. The molecule has 0 saturated heterocycles. The van der Waals surface area contributed by atoms with Gasteiger partial charge in [0.05, 0.1) is 5.52 Å². The van der Waals surface area contributed by atoms with Crippen molar-refractivity contribution in [3.05, 3.63) is 71.9 Å². The molecule has 1 aromatic heterocycles. The fourth-order valence-corrected chi connectivity index (χ4v) is 2.87. The number of nitrogens with zero attached hydrogens (tertiary/aromatic N) is 1. The molecule has 0 bridgehead atoms. The van der Waals surface area contributed by atoms with Gasteiger partial charge < -0.3 is 4.57 Å². The number of benzene rings is 2. The second-order valence-electron chi connectivity index (χ2n) is 4.65. The average molecular weight is 231 g/mol. The number of fused-ring (bicyclic) bond motifs is 3. The van der Waals surface area contributed by atoms with Crippen molar-refractivity contribution in [1.82, 2.24) is 4.57 Å². The van der Waals surface area contributed by atoms with Crippen LogP contribution in [0, 0.1) is 0 Å². The van der Waals surface area contributed by atoms with Gasteiger partial charge in [0.15, 0.2) is 0 Å². The van der Waals surface area contributed by atoms with E-state index in [0.29, 0.717) is 0 Å². The smallest absolute Gasteiger partial charge is 0.0537 e. The lowest BCUT2D eigenvalue weighted by molar-refractivity contribution is 1.01. The Balaban J connectivity index is 2.13. The highest BCUT2D eigenvalue weighted by Gasteiger charge is 2.17. The lowest BCUT2D eigenvalue weighted by Gasteiger charge is -2.08. The summed E-state index contributed by atoms with van der Waals surface area (Å²) in [5.41, 5.74) is 5.34. The summed E-state index contributed by atoms with van der Waals surface area (Å²) in [6, 6.07) is 19.2. The molecule has 0 aliphatic heterocycles. The molecule has 0 amide bonds. The van der Waals surface area contributed by atoms with Crippen LogP contribution >= 0.6 is 0 Å². The molecule has 0 unspecified atom stereocenters. The third-order valence-corrected chi connectivity index (χ3v) is 3.63. The fraction of sp³-hybridized carbons (Fsp3) is 0.0588. The van der Waals surface area contributed by atoms with Crippen LogP contribution in [0.3, 0.4) is 0 Å². The molecule has 0 saturated carbocycles. The zero-order valence-corrected chi connectivity index (χ0v) is 10.0. The van der Waals surface area contributed by atoms with Gasteiger partial charge in [0.1, 0.15) is 0 Å². The van der Waals surface area contributed by atoms with Crippen LogP contribution in [-0.4, -0.2) is 4.57 Å². The quantitative estimate of drug-likeness (QED) is 0.591. The van der Waals surface area contributed by atoms with Crippen molar-refractivity contribution < 1.29 is 0 Å². The SMILES string of the molecule is C1=Cc2c(n(-c3ccccc3)c3ccccc23)C1. The molecule has 3 aromatic rings. The molecule has 1 aliphatic rings. The van der Waals surface area contributed by atoms with Crippen LogP contribution in [0.1, 0.15) is 11.3 Å². The van der Waals surface area contributed by atoms with E-state index >= 15 is 0 Å². The van der Waals surface area contributed by atoms with E-state index in [1.807, 2.05) is 0 Å². The number of rotatable bonds is 1. The number of hydrogen-bond acceptors (Lipinski definition) is 0. The van der Waals surface area contributed by atoms with Crippen molar-refractivity contribution in [2.75, 3.05) is 0 Å². The number of allylic oxidation sites excluding steroid dienone is 1. The maximum atomic E-state index is 2.38. The molecule has 0 radical (unpaired) electrons. The second kappa shape index (κ2) is 3.61. The van der Waals surface area contributed by atoms with Crippen molar-refractivity contribution >= 4 is 17.0 Å². The number of para-hydroxylation sites is 2. The molecular formula is C17H13N. The van der Waals surface area contributed by atoms with Gasteiger partial charge in [-0.15, -0.1) is 0 Å². The summed E-state index contributed by atoms with van der Waals surface area (Å²) in [6.07, 6.45) is 5.52. The lowest BCUT2D eigenvalue weighted by atomic mass is 10.2. The summed E-state index contributed by atoms with van der Waals surface area (Å²) in [5, 5.41) is 1.35. The molecule has 1 heteroatoms. The van der Waals surface area contributed by atoms with Crippen LogP contribution in [0.5, 0.6) is 0 Å². The van der Waals surface area contributed by atoms with Gasteiger partial charge in [-0.2, -0.15) is 0 Å². The average Bonchev–Trinajstić information content (AvgIpc) is 2.99. The number of aromatic nitrogens is 1. The Labute approximate surface area is 106 Å². The van der Waals surface area contributed by atoms with Gasteiger partial charge in [-0.25, -0.2) is 0 Å². The molecule has 1 nitrogen and oxygen atoms in total. The second-order valence-corrected chi connectivity index (χ2v) is 4.65. The van der Waals surface area contributed by atoms with E-state index in [1.165, 1.54) is 27.8 Å². The first-order valence-corrected chi connectivity index (χ1v) is 6.29. The van der Waals surface area contributed by atoms with E-state index in [9.17, 15) is 0 Å². The molecular weight excluding hydrogens is 218 g/mol. The summed E-state index contributed by atoms with van der Waals surface area (Å²) < 4.78 is 2.38. The minimum absolute atomic E-state index is 1.03. The molecule has 0 atom stereocenters. The maximum absolute atomic E-state index is 2.38. The van der Waals surface area contributed by atoms with E-state index in [1.54, 1.807) is 0 Å². The topological polar surface area (TPSA) is 4.93 Å². The monoisotopic (exact) mass is 231 g/mol. The highest BCUT2D eigenvalue weighted by Crippen LogP contribution is 2.33. The van der Waals surface area contributed by atoms with E-state index in [4.69, 9.17) is 0 Å². The van der Waals surface area contributed by atoms with E-state index < -0.39 is 0 Å². The summed E-state index contributed by atoms with van der Waals surface area (Å²) >= 11 is 0. The summed E-state index contributed by atoms with van der Waals surface area (Å²) in [6.45, 7) is 0. The predicted octanol–water partition coefficient (Wildman–Crippen LogP) is 4.20. The normalized spacial score (nSPS) is 13.1. The third-order valence-electron chi connectivity index (χ3n) is 3.63. The summed E-state index contributed by atoms with van der Waals surface area (Å²) in [5.74, 6) is 0. The van der Waals surface area contributed by atoms with Gasteiger partial charge in [0.25, 0.3) is 0 Å². The van der Waals surface area contributed by atoms with Crippen LogP contribution in [0.15, 0.2) is 60.7 Å². The highest BCUT2D eigenvalue weighted by atomic mass is 15.0. The molecule has 1 aliphatic carbocycles. The van der Waals surface area contributed by atoms with Crippen molar-refractivity contribution in [3.63, 3.8) is 0 Å². The van der Waals surface area contributed by atoms with E-state index in [-0.39, 0.29) is 0 Å². The van der Waals surface area contributed by atoms with Crippen molar-refractivity contribution in [3.8, 4) is 5.69 Å².